The summed E-state index contributed by atoms with van der Waals surface area (Å²) in [6.45, 7) is -1.48. The van der Waals surface area contributed by atoms with Gasteiger partial charge >= 0.3 is 11.5 Å². The van der Waals surface area contributed by atoms with Crippen molar-refractivity contribution in [1.82, 2.24) is 5.43 Å². The Balaban J connectivity index is 3.06. The standard InChI is InChI=1S/C8H7N7O10/c16-11(17)5-1-2-6(7(3-5)12(18)19)10-9-4-8(13(20)21,14(22)23)15(24)25/h1-3,9-10H,4H2. The van der Waals surface area contributed by atoms with Crippen molar-refractivity contribution >= 4 is 17.1 Å². The Kier molecular flexibility index (Phi) is 5.36. The van der Waals surface area contributed by atoms with Gasteiger partial charge in [0.1, 0.15) is 5.69 Å². The lowest BCUT2D eigenvalue weighted by Gasteiger charge is -2.11. The number of hydrazine groups is 1. The van der Waals surface area contributed by atoms with E-state index in [2.05, 4.69) is 0 Å². The first-order valence-corrected chi connectivity index (χ1v) is 5.89. The first kappa shape index (κ1) is 19.0. The van der Waals surface area contributed by atoms with Crippen molar-refractivity contribution in [3.63, 3.8) is 0 Å². The molecule has 0 aliphatic carbocycles. The lowest BCUT2D eigenvalue weighted by atomic mass is 10.2. The van der Waals surface area contributed by atoms with E-state index < -0.39 is 54.0 Å². The predicted octanol–water partition coefficient (Wildman–Crippen LogP) is -0.0966. The zero-order valence-electron chi connectivity index (χ0n) is 11.8. The number of benzene rings is 1. The Labute approximate surface area is 134 Å². The van der Waals surface area contributed by atoms with Crippen LogP contribution in [0.25, 0.3) is 0 Å². The van der Waals surface area contributed by atoms with Gasteiger partial charge in [-0.1, -0.05) is 0 Å². The number of rotatable bonds is 9. The minimum atomic E-state index is -3.83. The van der Waals surface area contributed by atoms with Crippen molar-refractivity contribution in [3.05, 3.63) is 68.8 Å². The van der Waals surface area contributed by atoms with Crippen molar-refractivity contribution in [2.75, 3.05) is 12.0 Å². The highest BCUT2D eigenvalue weighted by molar-refractivity contribution is 5.64. The van der Waals surface area contributed by atoms with E-state index in [0.717, 1.165) is 12.1 Å². The average Bonchev–Trinajstić information content (AvgIpc) is 2.50. The minimum Gasteiger partial charge on any atom is -0.315 e. The topological polar surface area (TPSA) is 240 Å². The number of nitro benzene ring substituents is 2. The number of nitrogens with zero attached hydrogens (tertiary/aromatic N) is 5. The van der Waals surface area contributed by atoms with Crippen LogP contribution >= 0.6 is 0 Å². The summed E-state index contributed by atoms with van der Waals surface area (Å²) in [7, 11) is 0. The molecule has 0 atom stereocenters. The fourth-order valence-electron chi connectivity index (χ4n) is 1.54. The highest BCUT2D eigenvalue weighted by atomic mass is 16.7. The molecule has 0 aliphatic rings. The van der Waals surface area contributed by atoms with Gasteiger partial charge in [0.05, 0.1) is 15.9 Å². The molecular weight excluding hydrogens is 354 g/mol. The van der Waals surface area contributed by atoms with Crippen LogP contribution in [-0.4, -0.2) is 36.9 Å². The molecule has 0 heterocycles. The number of nitro groups is 5. The van der Waals surface area contributed by atoms with Crippen LogP contribution in [0.3, 0.4) is 0 Å². The molecule has 1 aromatic carbocycles. The van der Waals surface area contributed by atoms with Crippen LogP contribution in [0.2, 0.25) is 0 Å². The highest BCUT2D eigenvalue weighted by Crippen LogP contribution is 2.28. The van der Waals surface area contributed by atoms with Crippen molar-refractivity contribution in [3.8, 4) is 0 Å². The van der Waals surface area contributed by atoms with Crippen LogP contribution in [-0.2, 0) is 0 Å². The molecule has 0 unspecified atom stereocenters. The summed E-state index contributed by atoms with van der Waals surface area (Å²) in [6, 6.07) is 2.25. The maximum absolute atomic E-state index is 10.9. The Morgan fingerprint density at radius 2 is 1.36 bits per heavy atom. The lowest BCUT2D eigenvalue weighted by Crippen LogP contribution is -2.60. The third kappa shape index (κ3) is 3.67. The monoisotopic (exact) mass is 361 g/mol. The molecule has 17 heteroatoms. The van der Waals surface area contributed by atoms with E-state index in [0.29, 0.717) is 6.07 Å². The summed E-state index contributed by atoms with van der Waals surface area (Å²) in [6.07, 6.45) is 0. The molecule has 0 saturated heterocycles. The molecule has 0 aliphatic heterocycles. The smallest absolute Gasteiger partial charge is 0.315 e. The third-order valence-corrected chi connectivity index (χ3v) is 2.81. The van der Waals surface area contributed by atoms with Crippen molar-refractivity contribution in [1.29, 1.82) is 0 Å². The van der Waals surface area contributed by atoms with Crippen LogP contribution in [0.1, 0.15) is 0 Å². The largest absolute Gasteiger partial charge is 0.714 e. The van der Waals surface area contributed by atoms with Crippen LogP contribution in [0.5, 0.6) is 0 Å². The second-order valence-corrected chi connectivity index (χ2v) is 4.24. The Morgan fingerprint density at radius 1 is 0.840 bits per heavy atom. The summed E-state index contributed by atoms with van der Waals surface area (Å²) in [5.74, 6) is -3.83. The van der Waals surface area contributed by atoms with Gasteiger partial charge in [0.15, 0.2) is 14.8 Å². The first-order chi connectivity index (χ1) is 11.5. The molecule has 1 aromatic rings. The van der Waals surface area contributed by atoms with E-state index in [-0.39, 0.29) is 0 Å². The zero-order valence-corrected chi connectivity index (χ0v) is 11.8. The Bertz CT molecular complexity index is 728. The molecule has 0 spiro atoms. The molecule has 17 nitrogen and oxygen atoms in total. The van der Waals surface area contributed by atoms with Crippen molar-refractivity contribution < 1.29 is 24.6 Å². The van der Waals surface area contributed by atoms with Crippen LogP contribution in [0.15, 0.2) is 18.2 Å². The maximum atomic E-state index is 10.9. The molecule has 0 bridgehead atoms. The van der Waals surface area contributed by atoms with Gasteiger partial charge in [-0.25, -0.2) is 5.43 Å². The van der Waals surface area contributed by atoms with Crippen LogP contribution < -0.4 is 10.9 Å². The second-order valence-electron chi connectivity index (χ2n) is 4.24. The molecule has 134 valence electrons. The summed E-state index contributed by atoms with van der Waals surface area (Å²) < 4.78 is 0. The SMILES string of the molecule is O=[N+]([O-])c1ccc(NNCC([N+](=O)[O-])([N+](=O)[O-])[N+](=O)[O-])c([N+](=O)[O-])c1. The van der Waals surface area contributed by atoms with Crippen molar-refractivity contribution in [2.45, 2.75) is 5.79 Å². The van der Waals surface area contributed by atoms with Gasteiger partial charge in [0.25, 0.3) is 5.69 Å². The van der Waals surface area contributed by atoms with Gasteiger partial charge < -0.3 is 5.43 Å². The fourth-order valence-corrected chi connectivity index (χ4v) is 1.54. The Morgan fingerprint density at radius 3 is 1.76 bits per heavy atom. The summed E-state index contributed by atoms with van der Waals surface area (Å²) >= 11 is 0. The van der Waals surface area contributed by atoms with E-state index in [9.17, 15) is 50.6 Å². The van der Waals surface area contributed by atoms with Gasteiger partial charge in [-0.15, -0.1) is 0 Å². The predicted molar refractivity (Wildman–Crippen MR) is 75.1 cm³/mol. The summed E-state index contributed by atoms with van der Waals surface area (Å²) in [4.78, 5) is 46.4. The molecular formula is C8H7N7O10. The molecule has 2 N–H and O–H groups in total. The number of nitrogens with one attached hydrogen (secondary N) is 2. The lowest BCUT2D eigenvalue weighted by molar-refractivity contribution is -0.966. The number of hydrogen-bond donors (Lipinski definition) is 2. The highest BCUT2D eigenvalue weighted by Gasteiger charge is 2.70. The number of hydrogen-bond acceptors (Lipinski definition) is 12. The zero-order chi connectivity index (χ0) is 19.4. The number of non-ortho nitro benzene ring substituents is 1. The minimum absolute atomic E-state index is 0.459. The molecule has 25 heavy (non-hydrogen) atoms. The van der Waals surface area contributed by atoms with Crippen molar-refractivity contribution in [2.24, 2.45) is 0 Å². The number of anilines is 1. The summed E-state index contributed by atoms with van der Waals surface area (Å²) in [5.41, 5.74) is 1.81. The normalized spacial score (nSPS) is 10.7. The second kappa shape index (κ2) is 7.04. The van der Waals surface area contributed by atoms with Gasteiger partial charge in [-0.05, 0) is 6.07 Å². The molecule has 0 radical (unpaired) electrons. The van der Waals surface area contributed by atoms with Crippen LogP contribution in [0, 0.1) is 50.6 Å². The van der Waals surface area contributed by atoms with Gasteiger partial charge in [-0.3, -0.25) is 50.6 Å². The van der Waals surface area contributed by atoms with E-state index in [1.54, 1.807) is 5.43 Å². The van der Waals surface area contributed by atoms with E-state index in [4.69, 9.17) is 0 Å². The van der Waals surface area contributed by atoms with E-state index in [1.807, 2.05) is 5.43 Å². The molecule has 0 aromatic heterocycles. The van der Waals surface area contributed by atoms with Crippen LogP contribution in [0.4, 0.5) is 17.1 Å². The first-order valence-electron chi connectivity index (χ1n) is 5.89. The molecule has 0 saturated carbocycles. The molecule has 1 rings (SSSR count). The van der Waals surface area contributed by atoms with E-state index >= 15 is 0 Å². The van der Waals surface area contributed by atoms with Gasteiger partial charge in [0.2, 0.25) is 6.54 Å². The van der Waals surface area contributed by atoms with Gasteiger partial charge in [0, 0.05) is 6.07 Å². The molecule has 0 amide bonds. The fraction of sp³-hybridized carbons (Fsp3) is 0.250. The Hall–Kier alpha value is -4.02. The molecule has 0 fully saturated rings. The third-order valence-electron chi connectivity index (χ3n) is 2.81. The average molecular weight is 361 g/mol. The van der Waals surface area contributed by atoms with Gasteiger partial charge in [-0.2, -0.15) is 0 Å². The van der Waals surface area contributed by atoms with E-state index in [1.165, 1.54) is 0 Å². The maximum Gasteiger partial charge on any atom is 0.714 e. The summed E-state index contributed by atoms with van der Waals surface area (Å²) in [5, 5.41) is 53.6. The quantitative estimate of drug-likeness (QED) is 0.333.